The van der Waals surface area contributed by atoms with E-state index in [1.807, 2.05) is 0 Å². The van der Waals surface area contributed by atoms with Crippen LogP contribution in [-0.4, -0.2) is 55.1 Å². The number of amides is 1. The molecule has 0 radical (unpaired) electrons. The van der Waals surface area contributed by atoms with Gasteiger partial charge in [-0.1, -0.05) is 11.3 Å². The van der Waals surface area contributed by atoms with Crippen molar-refractivity contribution < 1.29 is 19.8 Å². The van der Waals surface area contributed by atoms with Crippen molar-refractivity contribution in [2.24, 2.45) is 0 Å². The van der Waals surface area contributed by atoms with Gasteiger partial charge in [-0.05, 0) is 18.2 Å². The second-order valence-corrected chi connectivity index (χ2v) is 4.80. The standard InChI is InChI=1S/C13H12N4O4/c18-10-3-1-2-8(4-10)12(19)16-5-9(6-16)17-7-11(13(20)21)14-15-17/h1-4,7,9,18H,5-6H2,(H,20,21). The number of rotatable bonds is 3. The van der Waals surface area contributed by atoms with Crippen LogP contribution >= 0.6 is 0 Å². The lowest BCUT2D eigenvalue weighted by atomic mass is 10.1. The zero-order valence-electron chi connectivity index (χ0n) is 10.9. The molecule has 0 bridgehead atoms. The van der Waals surface area contributed by atoms with E-state index in [1.54, 1.807) is 17.0 Å². The third kappa shape index (κ3) is 2.42. The van der Waals surface area contributed by atoms with Crippen LogP contribution in [0.3, 0.4) is 0 Å². The van der Waals surface area contributed by atoms with Gasteiger partial charge in [0, 0.05) is 18.7 Å². The van der Waals surface area contributed by atoms with E-state index in [4.69, 9.17) is 5.11 Å². The maximum Gasteiger partial charge on any atom is 0.358 e. The second-order valence-electron chi connectivity index (χ2n) is 4.80. The van der Waals surface area contributed by atoms with E-state index < -0.39 is 5.97 Å². The van der Waals surface area contributed by atoms with Gasteiger partial charge in [0.25, 0.3) is 5.91 Å². The average Bonchev–Trinajstić information content (AvgIpc) is 2.86. The van der Waals surface area contributed by atoms with Gasteiger partial charge in [0.1, 0.15) is 5.75 Å². The highest BCUT2D eigenvalue weighted by atomic mass is 16.4. The first-order valence-corrected chi connectivity index (χ1v) is 6.28. The van der Waals surface area contributed by atoms with Crippen LogP contribution in [0.5, 0.6) is 5.75 Å². The number of hydrogen-bond donors (Lipinski definition) is 2. The predicted octanol–water partition coefficient (Wildman–Crippen LogP) is 0.379. The van der Waals surface area contributed by atoms with E-state index in [1.165, 1.54) is 23.0 Å². The zero-order chi connectivity index (χ0) is 15.0. The van der Waals surface area contributed by atoms with Crippen LogP contribution in [0.4, 0.5) is 0 Å². The van der Waals surface area contributed by atoms with Gasteiger partial charge in [0.05, 0.1) is 12.2 Å². The Hall–Kier alpha value is -2.90. The molecule has 2 aromatic rings. The SMILES string of the molecule is O=C(O)c1cn(C2CN(C(=O)c3cccc(O)c3)C2)nn1. The van der Waals surface area contributed by atoms with Gasteiger partial charge < -0.3 is 15.1 Å². The number of carboxylic acid groups (broad SMARTS) is 1. The summed E-state index contributed by atoms with van der Waals surface area (Å²) in [5.74, 6) is -1.27. The van der Waals surface area contributed by atoms with Crippen molar-refractivity contribution in [1.29, 1.82) is 0 Å². The molecule has 8 heteroatoms. The van der Waals surface area contributed by atoms with Crippen LogP contribution < -0.4 is 0 Å². The lowest BCUT2D eigenvalue weighted by Crippen LogP contribution is -2.50. The molecule has 1 aromatic carbocycles. The average molecular weight is 288 g/mol. The maximum absolute atomic E-state index is 12.1. The van der Waals surface area contributed by atoms with Crippen molar-refractivity contribution >= 4 is 11.9 Å². The number of phenols is 1. The molecule has 1 aliphatic rings. The monoisotopic (exact) mass is 288 g/mol. The lowest BCUT2D eigenvalue weighted by Gasteiger charge is -2.38. The number of carbonyl (C=O) groups excluding carboxylic acids is 1. The van der Waals surface area contributed by atoms with Crippen molar-refractivity contribution in [3.05, 3.63) is 41.7 Å². The number of hydrogen-bond acceptors (Lipinski definition) is 5. The van der Waals surface area contributed by atoms with E-state index in [-0.39, 0.29) is 23.4 Å². The molecule has 0 unspecified atom stereocenters. The van der Waals surface area contributed by atoms with Crippen LogP contribution in [0.25, 0.3) is 0 Å². The van der Waals surface area contributed by atoms with Crippen LogP contribution in [-0.2, 0) is 0 Å². The van der Waals surface area contributed by atoms with Gasteiger partial charge in [-0.15, -0.1) is 5.10 Å². The fourth-order valence-corrected chi connectivity index (χ4v) is 2.16. The highest BCUT2D eigenvalue weighted by molar-refractivity contribution is 5.95. The van der Waals surface area contributed by atoms with Crippen molar-refractivity contribution in [3.63, 3.8) is 0 Å². The molecule has 3 rings (SSSR count). The topological polar surface area (TPSA) is 109 Å². The Morgan fingerprint density at radius 1 is 1.29 bits per heavy atom. The molecule has 2 N–H and O–H groups in total. The summed E-state index contributed by atoms with van der Waals surface area (Å²) in [6.07, 6.45) is 1.35. The normalized spacial score (nSPS) is 14.8. The Labute approximate surface area is 119 Å². The molecule has 0 saturated carbocycles. The van der Waals surface area contributed by atoms with Crippen molar-refractivity contribution in [1.82, 2.24) is 19.9 Å². The Morgan fingerprint density at radius 2 is 2.05 bits per heavy atom. The third-order valence-corrected chi connectivity index (χ3v) is 3.35. The Morgan fingerprint density at radius 3 is 2.67 bits per heavy atom. The van der Waals surface area contributed by atoms with E-state index in [2.05, 4.69) is 10.3 Å². The molecule has 2 heterocycles. The summed E-state index contributed by atoms with van der Waals surface area (Å²) in [6.45, 7) is 0.855. The van der Waals surface area contributed by atoms with E-state index >= 15 is 0 Å². The fraction of sp³-hybridized carbons (Fsp3) is 0.231. The molecule has 0 aliphatic carbocycles. The smallest absolute Gasteiger partial charge is 0.358 e. The number of aromatic hydroxyl groups is 1. The second kappa shape index (κ2) is 4.89. The third-order valence-electron chi connectivity index (χ3n) is 3.35. The Bertz CT molecular complexity index is 706. The minimum Gasteiger partial charge on any atom is -0.508 e. The molecule has 1 aliphatic heterocycles. The summed E-state index contributed by atoms with van der Waals surface area (Å²) >= 11 is 0. The molecule has 21 heavy (non-hydrogen) atoms. The number of carboxylic acids is 1. The number of benzene rings is 1. The van der Waals surface area contributed by atoms with Gasteiger partial charge in [-0.2, -0.15) is 0 Å². The minimum absolute atomic E-state index is 0.0419. The van der Waals surface area contributed by atoms with Crippen molar-refractivity contribution in [2.75, 3.05) is 13.1 Å². The molecule has 1 saturated heterocycles. The number of phenolic OH excluding ortho intramolecular Hbond substituents is 1. The molecule has 0 atom stereocenters. The van der Waals surface area contributed by atoms with Crippen LogP contribution in [0, 0.1) is 0 Å². The fourth-order valence-electron chi connectivity index (χ4n) is 2.16. The largest absolute Gasteiger partial charge is 0.508 e. The van der Waals surface area contributed by atoms with Gasteiger partial charge in [0.2, 0.25) is 0 Å². The quantitative estimate of drug-likeness (QED) is 0.845. The number of carbonyl (C=O) groups is 2. The number of nitrogens with zero attached hydrogens (tertiary/aromatic N) is 4. The maximum atomic E-state index is 12.1. The first-order valence-electron chi connectivity index (χ1n) is 6.28. The number of aromatic nitrogens is 3. The first kappa shape index (κ1) is 13.1. The molecule has 1 fully saturated rings. The Kier molecular flexibility index (Phi) is 3.05. The minimum atomic E-state index is -1.13. The summed E-state index contributed by atoms with van der Waals surface area (Å²) in [5, 5.41) is 25.4. The molecular weight excluding hydrogens is 276 g/mol. The number of aromatic carboxylic acids is 1. The highest BCUT2D eigenvalue weighted by Gasteiger charge is 2.33. The van der Waals surface area contributed by atoms with Crippen molar-refractivity contribution in [3.8, 4) is 5.75 Å². The summed E-state index contributed by atoms with van der Waals surface area (Å²) in [4.78, 5) is 24.5. The molecule has 8 nitrogen and oxygen atoms in total. The molecule has 1 amide bonds. The van der Waals surface area contributed by atoms with E-state index in [9.17, 15) is 14.7 Å². The molecular formula is C13H12N4O4. The molecule has 108 valence electrons. The predicted molar refractivity (Wildman–Crippen MR) is 70.0 cm³/mol. The van der Waals surface area contributed by atoms with Gasteiger partial charge in [-0.3, -0.25) is 4.79 Å². The van der Waals surface area contributed by atoms with Crippen molar-refractivity contribution in [2.45, 2.75) is 6.04 Å². The molecule has 1 aromatic heterocycles. The summed E-state index contributed by atoms with van der Waals surface area (Å²) in [5.41, 5.74) is 0.297. The van der Waals surface area contributed by atoms with Gasteiger partial charge in [-0.25, -0.2) is 9.48 Å². The lowest BCUT2D eigenvalue weighted by molar-refractivity contribution is 0.0497. The summed E-state index contributed by atoms with van der Waals surface area (Å²) in [6, 6.07) is 6.07. The summed E-state index contributed by atoms with van der Waals surface area (Å²) < 4.78 is 1.45. The van der Waals surface area contributed by atoms with E-state index in [0.29, 0.717) is 18.7 Å². The highest BCUT2D eigenvalue weighted by Crippen LogP contribution is 2.23. The van der Waals surface area contributed by atoms with Gasteiger partial charge in [0.15, 0.2) is 5.69 Å². The molecule has 0 spiro atoms. The zero-order valence-corrected chi connectivity index (χ0v) is 10.9. The Balaban J connectivity index is 1.65. The van der Waals surface area contributed by atoms with Crippen LogP contribution in [0.1, 0.15) is 26.9 Å². The summed E-state index contributed by atoms with van der Waals surface area (Å²) in [7, 11) is 0. The van der Waals surface area contributed by atoms with E-state index in [0.717, 1.165) is 0 Å². The number of likely N-dealkylation sites (tertiary alicyclic amines) is 1. The first-order chi connectivity index (χ1) is 10.0. The van der Waals surface area contributed by atoms with Crippen LogP contribution in [0.2, 0.25) is 0 Å². The van der Waals surface area contributed by atoms with Crippen LogP contribution in [0.15, 0.2) is 30.5 Å². The van der Waals surface area contributed by atoms with Gasteiger partial charge >= 0.3 is 5.97 Å².